The SMILES string of the molecule is Cc1ccc(NC(=O)NCCc2ccc(F)cc2)cc1[N+](=O)[O-]. The van der Waals surface area contributed by atoms with Crippen LogP contribution in [0, 0.1) is 22.9 Å². The van der Waals surface area contributed by atoms with Crippen molar-refractivity contribution in [3.8, 4) is 0 Å². The van der Waals surface area contributed by atoms with E-state index in [2.05, 4.69) is 10.6 Å². The van der Waals surface area contributed by atoms with Crippen LogP contribution in [0.3, 0.4) is 0 Å². The number of amides is 2. The smallest absolute Gasteiger partial charge is 0.319 e. The molecule has 0 unspecified atom stereocenters. The normalized spacial score (nSPS) is 10.2. The van der Waals surface area contributed by atoms with Crippen LogP contribution < -0.4 is 10.6 Å². The van der Waals surface area contributed by atoms with E-state index in [9.17, 15) is 19.3 Å². The van der Waals surface area contributed by atoms with E-state index in [1.54, 1.807) is 31.2 Å². The first kappa shape index (κ1) is 16.4. The third kappa shape index (κ3) is 4.77. The molecule has 0 aliphatic heterocycles. The van der Waals surface area contributed by atoms with E-state index in [4.69, 9.17) is 0 Å². The van der Waals surface area contributed by atoms with Gasteiger partial charge in [0.1, 0.15) is 5.82 Å². The zero-order valence-corrected chi connectivity index (χ0v) is 12.5. The van der Waals surface area contributed by atoms with E-state index in [0.29, 0.717) is 24.2 Å². The number of carbonyl (C=O) groups excluding carboxylic acids is 1. The molecular formula is C16H16FN3O3. The van der Waals surface area contributed by atoms with Gasteiger partial charge in [-0.05, 0) is 37.1 Å². The molecule has 23 heavy (non-hydrogen) atoms. The number of nitrogens with zero attached hydrogens (tertiary/aromatic N) is 1. The van der Waals surface area contributed by atoms with E-state index < -0.39 is 11.0 Å². The van der Waals surface area contributed by atoms with Gasteiger partial charge in [0.25, 0.3) is 5.69 Å². The lowest BCUT2D eigenvalue weighted by atomic mass is 10.1. The van der Waals surface area contributed by atoms with Crippen molar-refractivity contribution in [2.75, 3.05) is 11.9 Å². The molecule has 120 valence electrons. The molecule has 0 aliphatic rings. The van der Waals surface area contributed by atoms with Gasteiger partial charge in [-0.25, -0.2) is 9.18 Å². The molecule has 0 aromatic heterocycles. The fourth-order valence-corrected chi connectivity index (χ4v) is 2.03. The molecule has 2 amide bonds. The Labute approximate surface area is 132 Å². The van der Waals surface area contributed by atoms with Crippen LogP contribution in [0.4, 0.5) is 20.6 Å². The third-order valence-electron chi connectivity index (χ3n) is 3.28. The van der Waals surface area contributed by atoms with Crippen LogP contribution >= 0.6 is 0 Å². The molecule has 6 nitrogen and oxygen atoms in total. The predicted molar refractivity (Wildman–Crippen MR) is 85.0 cm³/mol. The van der Waals surface area contributed by atoms with Crippen LogP contribution in [0.2, 0.25) is 0 Å². The number of rotatable bonds is 5. The van der Waals surface area contributed by atoms with Gasteiger partial charge >= 0.3 is 6.03 Å². The highest BCUT2D eigenvalue weighted by Crippen LogP contribution is 2.22. The van der Waals surface area contributed by atoms with Crippen molar-refractivity contribution in [3.05, 3.63) is 69.5 Å². The third-order valence-corrected chi connectivity index (χ3v) is 3.28. The summed E-state index contributed by atoms with van der Waals surface area (Å²) in [5, 5.41) is 16.1. The fourth-order valence-electron chi connectivity index (χ4n) is 2.03. The van der Waals surface area contributed by atoms with Crippen molar-refractivity contribution < 1.29 is 14.1 Å². The minimum Gasteiger partial charge on any atom is -0.338 e. The number of nitro groups is 1. The van der Waals surface area contributed by atoms with Crippen molar-refractivity contribution in [1.82, 2.24) is 5.32 Å². The Balaban J connectivity index is 1.86. The summed E-state index contributed by atoms with van der Waals surface area (Å²) in [6, 6.07) is 10.1. The minimum absolute atomic E-state index is 0.0471. The molecule has 0 spiro atoms. The highest BCUT2D eigenvalue weighted by Gasteiger charge is 2.12. The Kier molecular flexibility index (Phi) is 5.24. The van der Waals surface area contributed by atoms with E-state index in [-0.39, 0.29) is 11.5 Å². The molecule has 0 saturated carbocycles. The summed E-state index contributed by atoms with van der Waals surface area (Å²) in [5.41, 5.74) is 1.73. The van der Waals surface area contributed by atoms with Crippen molar-refractivity contribution >= 4 is 17.4 Å². The first-order chi connectivity index (χ1) is 11.0. The maximum absolute atomic E-state index is 12.8. The van der Waals surface area contributed by atoms with E-state index in [0.717, 1.165) is 5.56 Å². The Morgan fingerprint density at radius 3 is 2.57 bits per heavy atom. The standard InChI is InChI=1S/C16H16FN3O3/c1-11-2-7-14(10-15(11)20(22)23)19-16(21)18-9-8-12-3-5-13(17)6-4-12/h2-7,10H,8-9H2,1H3,(H2,18,19,21). The number of carbonyl (C=O) groups is 1. The van der Waals surface area contributed by atoms with Crippen molar-refractivity contribution in [3.63, 3.8) is 0 Å². The van der Waals surface area contributed by atoms with Gasteiger partial charge in [0.2, 0.25) is 0 Å². The summed E-state index contributed by atoms with van der Waals surface area (Å²) in [6.45, 7) is 2.00. The Bertz CT molecular complexity index is 717. The second-order valence-electron chi connectivity index (χ2n) is 5.02. The van der Waals surface area contributed by atoms with Gasteiger partial charge in [-0.2, -0.15) is 0 Å². The zero-order chi connectivity index (χ0) is 16.8. The maximum atomic E-state index is 12.8. The molecule has 0 bridgehead atoms. The van der Waals surface area contributed by atoms with Gasteiger partial charge in [-0.15, -0.1) is 0 Å². The van der Waals surface area contributed by atoms with Gasteiger partial charge in [0.05, 0.1) is 4.92 Å². The van der Waals surface area contributed by atoms with E-state index in [1.165, 1.54) is 18.2 Å². The maximum Gasteiger partial charge on any atom is 0.319 e. The van der Waals surface area contributed by atoms with Gasteiger partial charge in [0, 0.05) is 23.9 Å². The molecule has 0 saturated heterocycles. The van der Waals surface area contributed by atoms with E-state index in [1.807, 2.05) is 0 Å². The molecule has 2 N–H and O–H groups in total. The summed E-state index contributed by atoms with van der Waals surface area (Å²) in [5.74, 6) is -0.305. The molecule has 0 radical (unpaired) electrons. The number of aryl methyl sites for hydroxylation is 1. The molecule has 0 fully saturated rings. The number of anilines is 1. The predicted octanol–water partition coefficient (Wildman–Crippen LogP) is 3.41. The molecule has 0 atom stereocenters. The monoisotopic (exact) mass is 317 g/mol. The second-order valence-corrected chi connectivity index (χ2v) is 5.02. The number of urea groups is 1. The molecule has 0 aliphatic carbocycles. The molecule has 2 aromatic carbocycles. The quantitative estimate of drug-likeness (QED) is 0.654. The highest BCUT2D eigenvalue weighted by molar-refractivity contribution is 5.89. The summed E-state index contributed by atoms with van der Waals surface area (Å²) < 4.78 is 12.8. The van der Waals surface area contributed by atoms with Crippen molar-refractivity contribution in [2.24, 2.45) is 0 Å². The van der Waals surface area contributed by atoms with Crippen LogP contribution in [0.25, 0.3) is 0 Å². The average Bonchev–Trinajstić information content (AvgIpc) is 2.51. The number of nitrogens with one attached hydrogen (secondary N) is 2. The number of benzene rings is 2. The number of nitro benzene ring substituents is 1. The summed E-state index contributed by atoms with van der Waals surface area (Å²) in [7, 11) is 0. The van der Waals surface area contributed by atoms with Crippen LogP contribution in [0.5, 0.6) is 0 Å². The summed E-state index contributed by atoms with van der Waals surface area (Å²) in [6.07, 6.45) is 0.557. The lowest BCUT2D eigenvalue weighted by molar-refractivity contribution is -0.385. The highest BCUT2D eigenvalue weighted by atomic mass is 19.1. The molecular weight excluding hydrogens is 301 g/mol. The largest absolute Gasteiger partial charge is 0.338 e. The zero-order valence-electron chi connectivity index (χ0n) is 12.5. The van der Waals surface area contributed by atoms with Gasteiger partial charge in [0.15, 0.2) is 0 Å². The molecule has 0 heterocycles. The summed E-state index contributed by atoms with van der Waals surface area (Å²) >= 11 is 0. The summed E-state index contributed by atoms with van der Waals surface area (Å²) in [4.78, 5) is 22.1. The van der Waals surface area contributed by atoms with Crippen LogP contribution in [0.15, 0.2) is 42.5 Å². The lowest BCUT2D eigenvalue weighted by Gasteiger charge is -2.08. The van der Waals surface area contributed by atoms with Crippen molar-refractivity contribution in [2.45, 2.75) is 13.3 Å². The molecule has 7 heteroatoms. The van der Waals surface area contributed by atoms with Crippen LogP contribution in [0.1, 0.15) is 11.1 Å². The second kappa shape index (κ2) is 7.35. The van der Waals surface area contributed by atoms with Gasteiger partial charge in [-0.1, -0.05) is 18.2 Å². The van der Waals surface area contributed by atoms with E-state index >= 15 is 0 Å². The van der Waals surface area contributed by atoms with Crippen LogP contribution in [-0.2, 0) is 6.42 Å². The van der Waals surface area contributed by atoms with Gasteiger partial charge in [-0.3, -0.25) is 10.1 Å². The Hall–Kier alpha value is -2.96. The first-order valence-corrected chi connectivity index (χ1v) is 7.00. The first-order valence-electron chi connectivity index (χ1n) is 7.00. The minimum atomic E-state index is -0.493. The molecule has 2 aromatic rings. The Morgan fingerprint density at radius 2 is 1.91 bits per heavy atom. The van der Waals surface area contributed by atoms with Crippen LogP contribution in [-0.4, -0.2) is 17.5 Å². The number of halogens is 1. The molecule has 2 rings (SSSR count). The number of hydrogen-bond acceptors (Lipinski definition) is 3. The van der Waals surface area contributed by atoms with Gasteiger partial charge < -0.3 is 10.6 Å². The average molecular weight is 317 g/mol. The van der Waals surface area contributed by atoms with Crippen molar-refractivity contribution in [1.29, 1.82) is 0 Å². The fraction of sp³-hybridized carbons (Fsp3) is 0.188. The topological polar surface area (TPSA) is 84.3 Å². The lowest BCUT2D eigenvalue weighted by Crippen LogP contribution is -2.30. The number of hydrogen-bond donors (Lipinski definition) is 2. The Morgan fingerprint density at radius 1 is 1.22 bits per heavy atom.